The van der Waals surface area contributed by atoms with E-state index in [4.69, 9.17) is 9.15 Å². The number of benzene rings is 1. The topological polar surface area (TPSA) is 96.3 Å². The molecular weight excluding hydrogens is 341 g/mol. The lowest BCUT2D eigenvalue weighted by atomic mass is 10.1. The van der Waals surface area contributed by atoms with Crippen LogP contribution in [0, 0.1) is 5.82 Å². The van der Waals surface area contributed by atoms with Gasteiger partial charge in [-0.1, -0.05) is 0 Å². The SMILES string of the molecule is O=C(c1ncn[nH]1)N1CCOCC1CNCc1c(F)ccc2occc12. The molecule has 2 aromatic heterocycles. The lowest BCUT2D eigenvalue weighted by Crippen LogP contribution is -2.53. The molecule has 8 nitrogen and oxygen atoms in total. The average molecular weight is 359 g/mol. The van der Waals surface area contributed by atoms with Crippen molar-refractivity contribution in [2.24, 2.45) is 0 Å². The van der Waals surface area contributed by atoms with Crippen LogP contribution < -0.4 is 5.32 Å². The number of hydrogen-bond acceptors (Lipinski definition) is 6. The zero-order valence-corrected chi connectivity index (χ0v) is 13.9. The van der Waals surface area contributed by atoms with Crippen LogP contribution in [0.25, 0.3) is 11.0 Å². The summed E-state index contributed by atoms with van der Waals surface area (Å²) >= 11 is 0. The van der Waals surface area contributed by atoms with Gasteiger partial charge in [0, 0.05) is 30.6 Å². The molecular formula is C17H18FN5O3. The molecule has 2 N–H and O–H groups in total. The predicted molar refractivity (Wildman–Crippen MR) is 89.9 cm³/mol. The number of rotatable bonds is 5. The third-order valence-corrected chi connectivity index (χ3v) is 4.48. The maximum absolute atomic E-state index is 14.2. The van der Waals surface area contributed by atoms with Crippen molar-refractivity contribution >= 4 is 16.9 Å². The van der Waals surface area contributed by atoms with Gasteiger partial charge in [0.15, 0.2) is 0 Å². The minimum atomic E-state index is -0.291. The molecule has 136 valence electrons. The molecule has 26 heavy (non-hydrogen) atoms. The fourth-order valence-electron chi connectivity index (χ4n) is 3.16. The van der Waals surface area contributed by atoms with E-state index in [9.17, 15) is 9.18 Å². The lowest BCUT2D eigenvalue weighted by Gasteiger charge is -2.35. The Morgan fingerprint density at radius 3 is 3.19 bits per heavy atom. The Hall–Kier alpha value is -2.78. The number of amides is 1. The highest BCUT2D eigenvalue weighted by Crippen LogP contribution is 2.22. The van der Waals surface area contributed by atoms with E-state index in [-0.39, 0.29) is 23.6 Å². The smallest absolute Gasteiger partial charge is 0.291 e. The summed E-state index contributed by atoms with van der Waals surface area (Å²) in [5.41, 5.74) is 1.19. The largest absolute Gasteiger partial charge is 0.464 e. The Morgan fingerprint density at radius 1 is 1.42 bits per heavy atom. The number of hydrogen-bond donors (Lipinski definition) is 2. The summed E-state index contributed by atoms with van der Waals surface area (Å²) in [4.78, 5) is 18.1. The van der Waals surface area contributed by atoms with Gasteiger partial charge in [-0.25, -0.2) is 9.37 Å². The molecule has 0 bridgehead atoms. The van der Waals surface area contributed by atoms with Gasteiger partial charge in [-0.3, -0.25) is 9.89 Å². The standard InChI is InChI=1S/C17H18FN5O3/c18-14-1-2-15-12(3-5-26-15)13(14)8-19-7-11-9-25-6-4-23(11)17(24)16-20-10-21-22-16/h1-3,5,10-11,19H,4,6-9H2,(H,20,21,22). The number of furan rings is 1. The second-order valence-corrected chi connectivity index (χ2v) is 6.05. The van der Waals surface area contributed by atoms with Gasteiger partial charge in [0.25, 0.3) is 5.91 Å². The molecule has 0 saturated carbocycles. The van der Waals surface area contributed by atoms with Gasteiger partial charge in [0.05, 0.1) is 25.5 Å². The molecule has 3 heterocycles. The Morgan fingerprint density at radius 2 is 2.35 bits per heavy atom. The molecule has 0 radical (unpaired) electrons. The number of nitrogens with zero attached hydrogens (tertiary/aromatic N) is 3. The van der Waals surface area contributed by atoms with Crippen molar-refractivity contribution in [3.63, 3.8) is 0 Å². The van der Waals surface area contributed by atoms with E-state index >= 15 is 0 Å². The third-order valence-electron chi connectivity index (χ3n) is 4.48. The highest BCUT2D eigenvalue weighted by atomic mass is 19.1. The number of morpholine rings is 1. The minimum Gasteiger partial charge on any atom is -0.464 e. The summed E-state index contributed by atoms with van der Waals surface area (Å²) in [7, 11) is 0. The fraction of sp³-hybridized carbons (Fsp3) is 0.353. The number of H-pyrrole nitrogens is 1. The van der Waals surface area contributed by atoms with Crippen LogP contribution in [-0.2, 0) is 11.3 Å². The van der Waals surface area contributed by atoms with Crippen LogP contribution in [0.3, 0.4) is 0 Å². The van der Waals surface area contributed by atoms with E-state index < -0.39 is 0 Å². The summed E-state index contributed by atoms with van der Waals surface area (Å²) in [6.07, 6.45) is 2.84. The summed E-state index contributed by atoms with van der Waals surface area (Å²) < 4.78 is 25.0. The second-order valence-electron chi connectivity index (χ2n) is 6.05. The lowest BCUT2D eigenvalue weighted by molar-refractivity contribution is -0.00217. The first kappa shape index (κ1) is 16.7. The molecule has 1 fully saturated rings. The summed E-state index contributed by atoms with van der Waals surface area (Å²) in [6.45, 7) is 2.14. The molecule has 1 saturated heterocycles. The predicted octanol–water partition coefficient (Wildman–Crippen LogP) is 1.32. The fourth-order valence-corrected chi connectivity index (χ4v) is 3.16. The number of aromatic amines is 1. The Balaban J connectivity index is 1.43. The Kier molecular flexibility index (Phi) is 4.63. The third kappa shape index (κ3) is 3.18. The van der Waals surface area contributed by atoms with Crippen molar-refractivity contribution in [3.05, 3.63) is 48.0 Å². The van der Waals surface area contributed by atoms with E-state index in [1.165, 1.54) is 12.4 Å². The molecule has 3 aromatic rings. The van der Waals surface area contributed by atoms with Crippen LogP contribution >= 0.6 is 0 Å². The number of nitrogens with one attached hydrogen (secondary N) is 2. The van der Waals surface area contributed by atoms with E-state index in [1.807, 2.05) is 0 Å². The molecule has 0 aliphatic carbocycles. The van der Waals surface area contributed by atoms with Crippen molar-refractivity contribution in [1.82, 2.24) is 25.4 Å². The van der Waals surface area contributed by atoms with Crippen LogP contribution in [0.2, 0.25) is 0 Å². The number of carbonyl (C=O) groups is 1. The van der Waals surface area contributed by atoms with Gasteiger partial charge in [-0.05, 0) is 18.2 Å². The average Bonchev–Trinajstić information content (AvgIpc) is 3.35. The number of fused-ring (bicyclic) bond motifs is 1. The van der Waals surface area contributed by atoms with E-state index in [0.717, 1.165) is 5.39 Å². The zero-order chi connectivity index (χ0) is 17.9. The van der Waals surface area contributed by atoms with E-state index in [2.05, 4.69) is 20.5 Å². The number of halogens is 1. The van der Waals surface area contributed by atoms with Crippen LogP contribution in [0.5, 0.6) is 0 Å². The van der Waals surface area contributed by atoms with Crippen LogP contribution in [0.1, 0.15) is 16.2 Å². The molecule has 0 spiro atoms. The second kappa shape index (κ2) is 7.22. The van der Waals surface area contributed by atoms with Gasteiger partial charge in [-0.2, -0.15) is 5.10 Å². The molecule has 1 amide bonds. The van der Waals surface area contributed by atoms with E-state index in [0.29, 0.717) is 44.0 Å². The first-order valence-electron chi connectivity index (χ1n) is 8.33. The molecule has 1 atom stereocenters. The number of aromatic nitrogens is 3. The summed E-state index contributed by atoms with van der Waals surface area (Å²) in [6, 6.07) is 4.58. The van der Waals surface area contributed by atoms with Crippen LogP contribution in [-0.4, -0.2) is 58.3 Å². The van der Waals surface area contributed by atoms with E-state index in [1.54, 1.807) is 23.3 Å². The Bertz CT molecular complexity index is 895. The molecule has 1 aromatic carbocycles. The van der Waals surface area contributed by atoms with Crippen molar-refractivity contribution in [1.29, 1.82) is 0 Å². The van der Waals surface area contributed by atoms with Crippen LogP contribution in [0.4, 0.5) is 4.39 Å². The van der Waals surface area contributed by atoms with Gasteiger partial charge in [0.2, 0.25) is 5.82 Å². The van der Waals surface area contributed by atoms with Gasteiger partial charge >= 0.3 is 0 Å². The van der Waals surface area contributed by atoms with Crippen molar-refractivity contribution in [2.45, 2.75) is 12.6 Å². The molecule has 4 rings (SSSR count). The zero-order valence-electron chi connectivity index (χ0n) is 13.9. The van der Waals surface area contributed by atoms with Crippen molar-refractivity contribution in [2.75, 3.05) is 26.3 Å². The molecule has 9 heteroatoms. The number of carbonyl (C=O) groups excluding carboxylic acids is 1. The molecule has 1 aliphatic rings. The summed E-state index contributed by atoms with van der Waals surface area (Å²) in [5, 5.41) is 10.3. The first-order valence-corrected chi connectivity index (χ1v) is 8.33. The first-order chi connectivity index (χ1) is 12.7. The highest BCUT2D eigenvalue weighted by molar-refractivity contribution is 5.90. The monoisotopic (exact) mass is 359 g/mol. The molecule has 1 unspecified atom stereocenters. The quantitative estimate of drug-likeness (QED) is 0.713. The number of ether oxygens (including phenoxy) is 1. The highest BCUT2D eigenvalue weighted by Gasteiger charge is 2.29. The van der Waals surface area contributed by atoms with Gasteiger partial charge in [-0.15, -0.1) is 0 Å². The minimum absolute atomic E-state index is 0.173. The van der Waals surface area contributed by atoms with Gasteiger partial charge in [0.1, 0.15) is 17.7 Å². The van der Waals surface area contributed by atoms with Crippen molar-refractivity contribution in [3.8, 4) is 0 Å². The molecule has 1 aliphatic heterocycles. The summed E-state index contributed by atoms with van der Waals surface area (Å²) in [5.74, 6) is -0.312. The van der Waals surface area contributed by atoms with Crippen LogP contribution in [0.15, 0.2) is 35.2 Å². The van der Waals surface area contributed by atoms with Crippen molar-refractivity contribution < 1.29 is 18.3 Å². The normalized spacial score (nSPS) is 17.7. The maximum atomic E-state index is 14.2. The maximum Gasteiger partial charge on any atom is 0.291 e. The Labute approximate surface area is 148 Å². The van der Waals surface area contributed by atoms with Gasteiger partial charge < -0.3 is 19.4 Å².